The average molecular weight is 515 g/mol. The van der Waals surface area contributed by atoms with Gasteiger partial charge in [0.2, 0.25) is 0 Å². The van der Waals surface area contributed by atoms with Crippen LogP contribution < -0.4 is 19.6 Å². The number of carbonyl (C=O) groups excluding carboxylic acids is 1. The molecule has 37 heavy (non-hydrogen) atoms. The molecule has 1 N–H and O–H groups in total. The number of amides is 1. The minimum absolute atomic E-state index is 0.323. The molecular formula is C30H27ClN2O4. The van der Waals surface area contributed by atoms with Gasteiger partial charge in [-0.1, -0.05) is 53.6 Å². The number of rotatable bonds is 10. The van der Waals surface area contributed by atoms with Gasteiger partial charge in [-0.25, -0.2) is 5.43 Å². The largest absolute Gasteiger partial charge is 0.493 e. The van der Waals surface area contributed by atoms with Crippen LogP contribution in [0.15, 0.2) is 96.1 Å². The van der Waals surface area contributed by atoms with Crippen molar-refractivity contribution >= 4 is 23.7 Å². The first kappa shape index (κ1) is 25.8. The van der Waals surface area contributed by atoms with E-state index in [0.717, 1.165) is 16.7 Å². The number of carbonyl (C=O) groups is 1. The van der Waals surface area contributed by atoms with Gasteiger partial charge in [0, 0.05) is 10.6 Å². The first-order valence-corrected chi connectivity index (χ1v) is 12.0. The van der Waals surface area contributed by atoms with Gasteiger partial charge in [0.25, 0.3) is 5.91 Å². The summed E-state index contributed by atoms with van der Waals surface area (Å²) < 4.78 is 17.1. The van der Waals surface area contributed by atoms with Crippen molar-refractivity contribution in [1.29, 1.82) is 0 Å². The SMILES string of the molecule is COc1cc(C=NNC(=O)c2ccc(OCc3ccc(C)cc3)cc2)ccc1OCc1ccc(Cl)cc1. The molecule has 0 bridgehead atoms. The first-order valence-electron chi connectivity index (χ1n) is 11.7. The minimum atomic E-state index is -0.323. The van der Waals surface area contributed by atoms with Crippen molar-refractivity contribution < 1.29 is 19.0 Å². The fourth-order valence-electron chi connectivity index (χ4n) is 3.41. The zero-order valence-corrected chi connectivity index (χ0v) is 21.4. The Labute approximate surface area is 221 Å². The second-order valence-corrected chi connectivity index (χ2v) is 8.76. The summed E-state index contributed by atoms with van der Waals surface area (Å²) >= 11 is 5.93. The van der Waals surface area contributed by atoms with E-state index in [0.29, 0.717) is 41.0 Å². The number of halogens is 1. The summed E-state index contributed by atoms with van der Waals surface area (Å²) in [6.45, 7) is 2.89. The summed E-state index contributed by atoms with van der Waals surface area (Å²) in [4.78, 5) is 12.5. The van der Waals surface area contributed by atoms with Crippen molar-refractivity contribution in [1.82, 2.24) is 5.43 Å². The second-order valence-electron chi connectivity index (χ2n) is 8.32. The molecule has 0 aliphatic carbocycles. The minimum Gasteiger partial charge on any atom is -0.493 e. The number of hydrogen-bond donors (Lipinski definition) is 1. The Bertz CT molecular complexity index is 1350. The number of aryl methyl sites for hydroxylation is 1. The number of benzene rings is 4. The molecule has 1 amide bonds. The smallest absolute Gasteiger partial charge is 0.271 e. The van der Waals surface area contributed by atoms with E-state index in [9.17, 15) is 4.79 Å². The number of hydrogen-bond acceptors (Lipinski definition) is 5. The third kappa shape index (κ3) is 7.59. The monoisotopic (exact) mass is 514 g/mol. The Hall–Kier alpha value is -4.29. The van der Waals surface area contributed by atoms with Crippen molar-refractivity contribution in [2.75, 3.05) is 7.11 Å². The van der Waals surface area contributed by atoms with Gasteiger partial charge in [0.15, 0.2) is 11.5 Å². The number of ether oxygens (including phenoxy) is 3. The van der Waals surface area contributed by atoms with Crippen LogP contribution in [0.3, 0.4) is 0 Å². The number of nitrogens with one attached hydrogen (secondary N) is 1. The molecule has 0 saturated carbocycles. The van der Waals surface area contributed by atoms with Crippen LogP contribution in [-0.2, 0) is 13.2 Å². The van der Waals surface area contributed by atoms with E-state index in [1.54, 1.807) is 49.7 Å². The van der Waals surface area contributed by atoms with Crippen LogP contribution in [-0.4, -0.2) is 19.2 Å². The van der Waals surface area contributed by atoms with E-state index >= 15 is 0 Å². The van der Waals surface area contributed by atoms with Gasteiger partial charge in [-0.15, -0.1) is 0 Å². The highest BCUT2D eigenvalue weighted by Gasteiger charge is 2.07. The van der Waals surface area contributed by atoms with E-state index in [-0.39, 0.29) is 5.91 Å². The number of nitrogens with zero attached hydrogens (tertiary/aromatic N) is 1. The Morgan fingerprint density at radius 2 is 1.49 bits per heavy atom. The normalized spacial score (nSPS) is 10.8. The predicted molar refractivity (Wildman–Crippen MR) is 146 cm³/mol. The molecule has 7 heteroatoms. The highest BCUT2D eigenvalue weighted by Crippen LogP contribution is 2.28. The molecule has 6 nitrogen and oxygen atoms in total. The molecular weight excluding hydrogens is 488 g/mol. The van der Waals surface area contributed by atoms with Crippen molar-refractivity contribution in [3.8, 4) is 17.2 Å². The van der Waals surface area contributed by atoms with E-state index in [2.05, 4.69) is 10.5 Å². The fraction of sp³-hybridized carbons (Fsp3) is 0.133. The maximum absolute atomic E-state index is 12.5. The lowest BCUT2D eigenvalue weighted by Crippen LogP contribution is -2.17. The topological polar surface area (TPSA) is 69.2 Å². The molecule has 4 aromatic carbocycles. The Morgan fingerprint density at radius 1 is 0.838 bits per heavy atom. The van der Waals surface area contributed by atoms with Gasteiger partial charge < -0.3 is 14.2 Å². The molecule has 4 rings (SSSR count). The quantitative estimate of drug-likeness (QED) is 0.192. The third-order valence-electron chi connectivity index (χ3n) is 5.52. The number of hydrazone groups is 1. The van der Waals surface area contributed by atoms with E-state index < -0.39 is 0 Å². The van der Waals surface area contributed by atoms with Gasteiger partial charge in [0.05, 0.1) is 13.3 Å². The summed E-state index contributed by atoms with van der Waals surface area (Å²) in [5.41, 5.74) is 7.04. The number of methoxy groups -OCH3 is 1. The van der Waals surface area contributed by atoms with Crippen LogP contribution in [0.25, 0.3) is 0 Å². The molecule has 4 aromatic rings. The van der Waals surface area contributed by atoms with E-state index in [1.807, 2.05) is 61.5 Å². The van der Waals surface area contributed by atoms with Gasteiger partial charge in [-0.05, 0) is 78.2 Å². The van der Waals surface area contributed by atoms with E-state index in [1.165, 1.54) is 5.56 Å². The Kier molecular flexibility index (Phi) is 8.79. The summed E-state index contributed by atoms with van der Waals surface area (Å²) in [6, 6.07) is 28.0. The molecule has 0 fully saturated rings. The third-order valence-corrected chi connectivity index (χ3v) is 5.77. The van der Waals surface area contributed by atoms with Crippen LogP contribution in [0, 0.1) is 6.92 Å². The standard InChI is InChI=1S/C30H27ClN2O4/c1-21-3-5-22(6-4-21)19-36-27-14-10-25(11-15-27)30(34)33-32-18-24-9-16-28(29(17-24)35-2)37-20-23-7-12-26(31)13-8-23/h3-18H,19-20H2,1-2H3,(H,33,34). The summed E-state index contributed by atoms with van der Waals surface area (Å²) in [5.74, 6) is 1.52. The average Bonchev–Trinajstić information content (AvgIpc) is 2.93. The van der Waals surface area contributed by atoms with Crippen molar-refractivity contribution in [2.24, 2.45) is 5.10 Å². The molecule has 0 heterocycles. The molecule has 0 atom stereocenters. The maximum atomic E-state index is 12.5. The maximum Gasteiger partial charge on any atom is 0.271 e. The van der Waals surface area contributed by atoms with Crippen molar-refractivity contribution in [3.63, 3.8) is 0 Å². The van der Waals surface area contributed by atoms with Gasteiger partial charge in [-0.2, -0.15) is 5.10 Å². The van der Waals surface area contributed by atoms with E-state index in [4.69, 9.17) is 25.8 Å². The van der Waals surface area contributed by atoms with Crippen molar-refractivity contribution in [3.05, 3.63) is 124 Å². The lowest BCUT2D eigenvalue weighted by molar-refractivity contribution is 0.0955. The molecule has 0 aliphatic heterocycles. The summed E-state index contributed by atoms with van der Waals surface area (Å²) in [6.07, 6.45) is 1.54. The highest BCUT2D eigenvalue weighted by molar-refractivity contribution is 6.30. The Balaban J connectivity index is 1.29. The van der Waals surface area contributed by atoms with Crippen LogP contribution >= 0.6 is 11.6 Å². The molecule has 0 unspecified atom stereocenters. The lowest BCUT2D eigenvalue weighted by atomic mass is 10.2. The van der Waals surface area contributed by atoms with Crippen LogP contribution in [0.1, 0.15) is 32.6 Å². The van der Waals surface area contributed by atoms with Gasteiger partial charge >= 0.3 is 0 Å². The van der Waals surface area contributed by atoms with Crippen LogP contribution in [0.2, 0.25) is 5.02 Å². The molecule has 0 aliphatic rings. The Morgan fingerprint density at radius 3 is 2.16 bits per heavy atom. The molecule has 0 saturated heterocycles. The molecule has 0 spiro atoms. The highest BCUT2D eigenvalue weighted by atomic mass is 35.5. The molecule has 188 valence electrons. The predicted octanol–water partition coefficient (Wildman–Crippen LogP) is 6.58. The summed E-state index contributed by atoms with van der Waals surface area (Å²) in [7, 11) is 1.57. The lowest BCUT2D eigenvalue weighted by Gasteiger charge is -2.11. The van der Waals surface area contributed by atoms with Gasteiger partial charge in [0.1, 0.15) is 19.0 Å². The van der Waals surface area contributed by atoms with Crippen LogP contribution in [0.5, 0.6) is 17.2 Å². The van der Waals surface area contributed by atoms with Crippen molar-refractivity contribution in [2.45, 2.75) is 20.1 Å². The first-order chi connectivity index (χ1) is 18.0. The second kappa shape index (κ2) is 12.6. The fourth-order valence-corrected chi connectivity index (χ4v) is 3.53. The zero-order valence-electron chi connectivity index (χ0n) is 20.6. The summed E-state index contributed by atoms with van der Waals surface area (Å²) in [5, 5.41) is 4.74. The van der Waals surface area contributed by atoms with Crippen LogP contribution in [0.4, 0.5) is 0 Å². The van der Waals surface area contributed by atoms with Gasteiger partial charge in [-0.3, -0.25) is 4.79 Å². The molecule has 0 aromatic heterocycles. The molecule has 0 radical (unpaired) electrons. The zero-order chi connectivity index (χ0) is 26.0.